The second-order valence-corrected chi connectivity index (χ2v) is 7.30. The van der Waals surface area contributed by atoms with E-state index in [1.165, 1.54) is 17.4 Å². The van der Waals surface area contributed by atoms with E-state index in [2.05, 4.69) is 9.71 Å². The molecule has 0 unspecified atom stereocenters. The monoisotopic (exact) mass is 346 g/mol. The summed E-state index contributed by atoms with van der Waals surface area (Å²) in [5.41, 5.74) is 1.32. The molecule has 0 saturated carbocycles. The summed E-state index contributed by atoms with van der Waals surface area (Å²) in [6.45, 7) is 5.79. The third-order valence-electron chi connectivity index (χ3n) is 2.66. The molecule has 0 aliphatic carbocycles. The first kappa shape index (κ1) is 16.1. The molecule has 1 aromatic carbocycles. The SMILES string of the molecule is CCOc1cc(C)c(S(=O)(=O)Nc2nc(C)cs2)cc1Cl. The van der Waals surface area contributed by atoms with Gasteiger partial charge in [0.25, 0.3) is 10.0 Å². The van der Waals surface area contributed by atoms with Gasteiger partial charge in [0.1, 0.15) is 5.75 Å². The fourth-order valence-corrected chi connectivity index (χ4v) is 4.24. The average molecular weight is 347 g/mol. The molecular formula is C13H15ClN2O3S2. The summed E-state index contributed by atoms with van der Waals surface area (Å²) < 4.78 is 32.6. The molecule has 1 heterocycles. The van der Waals surface area contributed by atoms with Gasteiger partial charge >= 0.3 is 0 Å². The third kappa shape index (κ3) is 3.66. The predicted octanol–water partition coefficient (Wildman–Crippen LogP) is 3.61. The van der Waals surface area contributed by atoms with Crippen molar-refractivity contribution in [2.45, 2.75) is 25.7 Å². The number of nitrogens with zero attached hydrogens (tertiary/aromatic N) is 1. The minimum Gasteiger partial charge on any atom is -0.492 e. The van der Waals surface area contributed by atoms with Crippen molar-refractivity contribution in [1.82, 2.24) is 4.98 Å². The number of anilines is 1. The van der Waals surface area contributed by atoms with Gasteiger partial charge < -0.3 is 4.74 Å². The van der Waals surface area contributed by atoms with E-state index in [-0.39, 0.29) is 9.92 Å². The molecule has 0 aliphatic heterocycles. The standard InChI is InChI=1S/C13H15ClN2O3S2/c1-4-19-11-5-8(2)12(6-10(11)14)21(17,18)16-13-15-9(3)7-20-13/h5-7H,4H2,1-3H3,(H,15,16). The van der Waals surface area contributed by atoms with E-state index in [1.807, 2.05) is 6.92 Å². The van der Waals surface area contributed by atoms with Gasteiger partial charge in [-0.25, -0.2) is 13.4 Å². The van der Waals surface area contributed by atoms with Gasteiger partial charge in [-0.3, -0.25) is 4.72 Å². The Bertz CT molecular complexity index is 757. The lowest BCUT2D eigenvalue weighted by Gasteiger charge is -2.12. The average Bonchev–Trinajstić information content (AvgIpc) is 2.78. The summed E-state index contributed by atoms with van der Waals surface area (Å²) in [6, 6.07) is 3.01. The Balaban J connectivity index is 2.38. The van der Waals surface area contributed by atoms with E-state index in [9.17, 15) is 8.42 Å². The number of sulfonamides is 1. The van der Waals surface area contributed by atoms with Gasteiger partial charge in [0, 0.05) is 5.38 Å². The van der Waals surface area contributed by atoms with Crippen LogP contribution in [-0.2, 0) is 10.0 Å². The quantitative estimate of drug-likeness (QED) is 0.897. The Kier molecular flexibility index (Phi) is 4.75. The lowest BCUT2D eigenvalue weighted by molar-refractivity contribution is 0.340. The fourth-order valence-electron chi connectivity index (χ4n) is 1.76. The normalized spacial score (nSPS) is 11.4. The van der Waals surface area contributed by atoms with Crippen molar-refractivity contribution in [3.05, 3.63) is 33.8 Å². The summed E-state index contributed by atoms with van der Waals surface area (Å²) in [4.78, 5) is 4.21. The Morgan fingerprint density at radius 2 is 2.10 bits per heavy atom. The highest BCUT2D eigenvalue weighted by molar-refractivity contribution is 7.93. The van der Waals surface area contributed by atoms with Crippen LogP contribution in [0.1, 0.15) is 18.2 Å². The minimum absolute atomic E-state index is 0.115. The van der Waals surface area contributed by atoms with Gasteiger partial charge in [-0.05, 0) is 38.5 Å². The van der Waals surface area contributed by atoms with Crippen LogP contribution in [0.4, 0.5) is 5.13 Å². The molecule has 0 aliphatic rings. The zero-order valence-electron chi connectivity index (χ0n) is 11.8. The Labute approximate surface area is 133 Å². The number of ether oxygens (including phenoxy) is 1. The number of rotatable bonds is 5. The van der Waals surface area contributed by atoms with Gasteiger partial charge in [-0.15, -0.1) is 11.3 Å². The topological polar surface area (TPSA) is 68.3 Å². The van der Waals surface area contributed by atoms with Crippen LogP contribution in [0.2, 0.25) is 5.02 Å². The summed E-state index contributed by atoms with van der Waals surface area (Å²) in [6.07, 6.45) is 0. The highest BCUT2D eigenvalue weighted by atomic mass is 35.5. The van der Waals surface area contributed by atoms with Gasteiger partial charge in [-0.1, -0.05) is 11.6 Å². The molecular weight excluding hydrogens is 332 g/mol. The van der Waals surface area contributed by atoms with Crippen molar-refractivity contribution in [3.63, 3.8) is 0 Å². The Morgan fingerprint density at radius 3 is 2.67 bits per heavy atom. The third-order valence-corrected chi connectivity index (χ3v) is 5.44. The first-order chi connectivity index (χ1) is 9.83. The largest absolute Gasteiger partial charge is 0.492 e. The Hall–Kier alpha value is -1.31. The molecule has 0 bridgehead atoms. The highest BCUT2D eigenvalue weighted by Gasteiger charge is 2.20. The molecule has 21 heavy (non-hydrogen) atoms. The van der Waals surface area contributed by atoms with Crippen LogP contribution in [0.5, 0.6) is 5.75 Å². The van der Waals surface area contributed by atoms with E-state index in [0.29, 0.717) is 23.1 Å². The number of nitrogens with one attached hydrogen (secondary N) is 1. The first-order valence-corrected chi connectivity index (χ1v) is 8.95. The van der Waals surface area contributed by atoms with E-state index in [1.54, 1.807) is 25.3 Å². The predicted molar refractivity (Wildman–Crippen MR) is 85.0 cm³/mol. The maximum absolute atomic E-state index is 12.4. The molecule has 0 saturated heterocycles. The van der Waals surface area contributed by atoms with Crippen molar-refractivity contribution in [2.75, 3.05) is 11.3 Å². The van der Waals surface area contributed by atoms with Crippen LogP contribution in [0.25, 0.3) is 0 Å². The van der Waals surface area contributed by atoms with Gasteiger partial charge in [-0.2, -0.15) is 0 Å². The number of halogens is 1. The maximum Gasteiger partial charge on any atom is 0.263 e. The molecule has 2 rings (SSSR count). The van der Waals surface area contributed by atoms with E-state index in [0.717, 1.165) is 5.69 Å². The molecule has 2 aromatic rings. The maximum atomic E-state index is 12.4. The van der Waals surface area contributed by atoms with Crippen molar-refractivity contribution < 1.29 is 13.2 Å². The van der Waals surface area contributed by atoms with E-state index >= 15 is 0 Å². The van der Waals surface area contributed by atoms with Crippen molar-refractivity contribution in [1.29, 1.82) is 0 Å². The second-order valence-electron chi connectivity index (χ2n) is 4.38. The first-order valence-electron chi connectivity index (χ1n) is 6.21. The van der Waals surface area contributed by atoms with Gasteiger partial charge in [0.2, 0.25) is 0 Å². The van der Waals surface area contributed by atoms with Crippen molar-refractivity contribution >= 4 is 38.1 Å². The number of thiazole rings is 1. The smallest absolute Gasteiger partial charge is 0.263 e. The number of hydrogen-bond acceptors (Lipinski definition) is 5. The van der Waals surface area contributed by atoms with Crippen LogP contribution < -0.4 is 9.46 Å². The summed E-state index contributed by atoms with van der Waals surface area (Å²) in [7, 11) is -3.73. The zero-order valence-corrected chi connectivity index (χ0v) is 14.2. The van der Waals surface area contributed by atoms with Crippen LogP contribution in [0.3, 0.4) is 0 Å². The molecule has 114 valence electrons. The summed E-state index contributed by atoms with van der Waals surface area (Å²) >= 11 is 7.30. The molecule has 5 nitrogen and oxygen atoms in total. The molecule has 1 N–H and O–H groups in total. The molecule has 0 radical (unpaired) electrons. The minimum atomic E-state index is -3.73. The Morgan fingerprint density at radius 1 is 1.38 bits per heavy atom. The number of aryl methyl sites for hydroxylation is 2. The van der Waals surface area contributed by atoms with E-state index < -0.39 is 10.0 Å². The lowest BCUT2D eigenvalue weighted by Crippen LogP contribution is -2.14. The molecule has 0 amide bonds. The highest BCUT2D eigenvalue weighted by Crippen LogP contribution is 2.31. The molecule has 1 aromatic heterocycles. The lowest BCUT2D eigenvalue weighted by atomic mass is 10.2. The fraction of sp³-hybridized carbons (Fsp3) is 0.308. The number of benzene rings is 1. The molecule has 0 atom stereocenters. The van der Waals surface area contributed by atoms with Crippen LogP contribution >= 0.6 is 22.9 Å². The second kappa shape index (κ2) is 6.21. The van der Waals surface area contributed by atoms with Gasteiger partial charge in [0.15, 0.2) is 5.13 Å². The van der Waals surface area contributed by atoms with Crippen LogP contribution in [-0.4, -0.2) is 20.0 Å². The van der Waals surface area contributed by atoms with Crippen LogP contribution in [0, 0.1) is 13.8 Å². The number of hydrogen-bond donors (Lipinski definition) is 1. The molecule has 0 fully saturated rings. The van der Waals surface area contributed by atoms with Gasteiger partial charge in [0.05, 0.1) is 22.2 Å². The van der Waals surface area contributed by atoms with Crippen molar-refractivity contribution in [3.8, 4) is 5.75 Å². The number of aromatic nitrogens is 1. The summed E-state index contributed by atoms with van der Waals surface area (Å²) in [5.74, 6) is 0.473. The molecule has 8 heteroatoms. The van der Waals surface area contributed by atoms with Crippen molar-refractivity contribution in [2.24, 2.45) is 0 Å². The van der Waals surface area contributed by atoms with E-state index in [4.69, 9.17) is 16.3 Å². The summed E-state index contributed by atoms with van der Waals surface area (Å²) in [5, 5.41) is 2.37. The molecule has 0 spiro atoms. The van der Waals surface area contributed by atoms with Crippen LogP contribution in [0.15, 0.2) is 22.4 Å². The zero-order chi connectivity index (χ0) is 15.6.